The number of halogens is 1. The number of nitrogens with zero attached hydrogens (tertiary/aromatic N) is 2. The molecule has 3 rings (SSSR count). The van der Waals surface area contributed by atoms with Crippen molar-refractivity contribution in [1.82, 2.24) is 15.1 Å². The molecule has 6 nitrogen and oxygen atoms in total. The van der Waals surface area contributed by atoms with Crippen LogP contribution >= 0.6 is 11.6 Å². The lowest BCUT2D eigenvalue weighted by Crippen LogP contribution is -2.35. The third kappa shape index (κ3) is 4.23. The second-order valence-electron chi connectivity index (χ2n) is 6.27. The van der Waals surface area contributed by atoms with Gasteiger partial charge in [-0.25, -0.2) is 9.48 Å². The number of anilines is 2. The Kier molecular flexibility index (Phi) is 5.66. The van der Waals surface area contributed by atoms with Gasteiger partial charge in [0.25, 0.3) is 0 Å². The molecule has 0 aliphatic heterocycles. The standard InChI is InChI=1S/C20H22ClN5O/c1-3-13(2)23-20(27)24-18-17(14-9-11-15(21)12-10-14)25-26(19(18)22)16-7-5-4-6-8-16/h4-13H,3,22H2,1-2H3,(H2,23,24,27)/t13-/m1/s1. The molecular weight excluding hydrogens is 362 g/mol. The predicted octanol–water partition coefficient (Wildman–Crippen LogP) is 4.69. The Bertz CT molecular complexity index is 922. The van der Waals surface area contributed by atoms with E-state index in [-0.39, 0.29) is 12.1 Å². The van der Waals surface area contributed by atoms with Gasteiger partial charge in [0.15, 0.2) is 5.82 Å². The van der Waals surface area contributed by atoms with Crippen molar-refractivity contribution < 1.29 is 4.79 Å². The van der Waals surface area contributed by atoms with Gasteiger partial charge in [-0.05, 0) is 37.6 Å². The van der Waals surface area contributed by atoms with E-state index < -0.39 is 0 Å². The number of para-hydroxylation sites is 1. The fourth-order valence-electron chi connectivity index (χ4n) is 2.61. The number of carbonyl (C=O) groups excluding carboxylic acids is 1. The second kappa shape index (κ2) is 8.14. The minimum absolute atomic E-state index is 0.0503. The lowest BCUT2D eigenvalue weighted by Gasteiger charge is -2.13. The van der Waals surface area contributed by atoms with E-state index in [1.807, 2.05) is 56.3 Å². The Morgan fingerprint density at radius 1 is 1.19 bits per heavy atom. The van der Waals surface area contributed by atoms with Crippen LogP contribution in [0.4, 0.5) is 16.3 Å². The Morgan fingerprint density at radius 2 is 1.85 bits per heavy atom. The highest BCUT2D eigenvalue weighted by atomic mass is 35.5. The van der Waals surface area contributed by atoms with Crippen LogP contribution in [0.5, 0.6) is 0 Å². The molecule has 1 atom stereocenters. The molecule has 4 N–H and O–H groups in total. The summed E-state index contributed by atoms with van der Waals surface area (Å²) >= 11 is 6.00. The van der Waals surface area contributed by atoms with Gasteiger partial charge in [-0.3, -0.25) is 0 Å². The van der Waals surface area contributed by atoms with Crippen LogP contribution in [0.25, 0.3) is 16.9 Å². The largest absolute Gasteiger partial charge is 0.382 e. The molecule has 0 saturated heterocycles. The van der Waals surface area contributed by atoms with Gasteiger partial charge in [0.2, 0.25) is 0 Å². The summed E-state index contributed by atoms with van der Waals surface area (Å²) in [6.07, 6.45) is 0.830. The summed E-state index contributed by atoms with van der Waals surface area (Å²) in [6, 6.07) is 16.5. The average Bonchev–Trinajstić information content (AvgIpc) is 2.99. The number of urea groups is 1. The lowest BCUT2D eigenvalue weighted by molar-refractivity contribution is 0.249. The van der Waals surface area contributed by atoms with Crippen molar-refractivity contribution in [3.63, 3.8) is 0 Å². The summed E-state index contributed by atoms with van der Waals surface area (Å²) in [7, 11) is 0. The molecule has 140 valence electrons. The third-order valence-corrected chi connectivity index (χ3v) is 4.52. The van der Waals surface area contributed by atoms with Crippen LogP contribution in [0.1, 0.15) is 20.3 Å². The molecule has 2 amide bonds. The van der Waals surface area contributed by atoms with E-state index in [4.69, 9.17) is 17.3 Å². The van der Waals surface area contributed by atoms with E-state index in [1.54, 1.807) is 16.8 Å². The fraction of sp³-hybridized carbons (Fsp3) is 0.200. The van der Waals surface area contributed by atoms with Crippen molar-refractivity contribution in [2.24, 2.45) is 0 Å². The first-order chi connectivity index (χ1) is 13.0. The van der Waals surface area contributed by atoms with E-state index in [0.717, 1.165) is 17.7 Å². The average molecular weight is 384 g/mol. The highest BCUT2D eigenvalue weighted by molar-refractivity contribution is 6.30. The monoisotopic (exact) mass is 383 g/mol. The highest BCUT2D eigenvalue weighted by Crippen LogP contribution is 2.34. The van der Waals surface area contributed by atoms with Crippen LogP contribution in [0.2, 0.25) is 5.02 Å². The molecule has 0 bridgehead atoms. The number of benzene rings is 2. The third-order valence-electron chi connectivity index (χ3n) is 4.27. The van der Waals surface area contributed by atoms with E-state index in [9.17, 15) is 4.79 Å². The number of hydrogen-bond acceptors (Lipinski definition) is 3. The van der Waals surface area contributed by atoms with E-state index in [1.165, 1.54) is 0 Å². The summed E-state index contributed by atoms with van der Waals surface area (Å²) in [4.78, 5) is 12.4. The van der Waals surface area contributed by atoms with Gasteiger partial charge in [-0.15, -0.1) is 0 Å². The Balaban J connectivity index is 2.04. The molecule has 0 radical (unpaired) electrons. The molecule has 1 aromatic heterocycles. The second-order valence-corrected chi connectivity index (χ2v) is 6.71. The van der Waals surface area contributed by atoms with E-state index >= 15 is 0 Å². The quantitative estimate of drug-likeness (QED) is 0.597. The van der Waals surface area contributed by atoms with Crippen LogP contribution in [-0.2, 0) is 0 Å². The van der Waals surface area contributed by atoms with Crippen LogP contribution in [0.15, 0.2) is 54.6 Å². The van der Waals surface area contributed by atoms with Gasteiger partial charge in [-0.2, -0.15) is 5.10 Å². The highest BCUT2D eigenvalue weighted by Gasteiger charge is 2.20. The first kappa shape index (κ1) is 18.8. The maximum absolute atomic E-state index is 12.4. The molecule has 0 spiro atoms. The molecule has 7 heteroatoms. The molecule has 0 saturated carbocycles. The fourth-order valence-corrected chi connectivity index (χ4v) is 2.73. The summed E-state index contributed by atoms with van der Waals surface area (Å²) in [5, 5.41) is 11.0. The first-order valence-corrected chi connectivity index (χ1v) is 9.14. The van der Waals surface area contributed by atoms with E-state index in [2.05, 4.69) is 15.7 Å². The number of nitrogen functional groups attached to an aromatic ring is 1. The van der Waals surface area contributed by atoms with E-state index in [0.29, 0.717) is 22.2 Å². The summed E-state index contributed by atoms with van der Waals surface area (Å²) in [5.41, 5.74) is 8.99. The van der Waals surface area contributed by atoms with Crippen molar-refractivity contribution in [1.29, 1.82) is 0 Å². The van der Waals surface area contributed by atoms with Crippen LogP contribution in [-0.4, -0.2) is 21.9 Å². The maximum atomic E-state index is 12.4. The lowest BCUT2D eigenvalue weighted by atomic mass is 10.1. The Morgan fingerprint density at radius 3 is 2.48 bits per heavy atom. The van der Waals surface area contributed by atoms with Gasteiger partial charge >= 0.3 is 6.03 Å². The maximum Gasteiger partial charge on any atom is 0.319 e. The molecule has 27 heavy (non-hydrogen) atoms. The predicted molar refractivity (Wildman–Crippen MR) is 110 cm³/mol. The number of aromatic nitrogens is 2. The van der Waals surface area contributed by atoms with Gasteiger partial charge in [-0.1, -0.05) is 48.9 Å². The number of hydrogen-bond donors (Lipinski definition) is 3. The molecule has 2 aromatic carbocycles. The van der Waals surface area contributed by atoms with Gasteiger partial charge in [0.1, 0.15) is 11.4 Å². The van der Waals surface area contributed by atoms with Crippen molar-refractivity contribution in [3.05, 3.63) is 59.6 Å². The molecule has 3 aromatic rings. The zero-order valence-corrected chi connectivity index (χ0v) is 16.0. The zero-order chi connectivity index (χ0) is 19.4. The Hall–Kier alpha value is -2.99. The van der Waals surface area contributed by atoms with Crippen molar-refractivity contribution in [2.45, 2.75) is 26.3 Å². The van der Waals surface area contributed by atoms with Crippen LogP contribution in [0.3, 0.4) is 0 Å². The molecule has 0 unspecified atom stereocenters. The summed E-state index contributed by atoms with van der Waals surface area (Å²) in [6.45, 7) is 3.95. The molecule has 1 heterocycles. The topological polar surface area (TPSA) is 85.0 Å². The van der Waals surface area contributed by atoms with Crippen molar-refractivity contribution in [3.8, 4) is 16.9 Å². The smallest absolute Gasteiger partial charge is 0.319 e. The number of amides is 2. The number of carbonyl (C=O) groups is 1. The van der Waals surface area contributed by atoms with Gasteiger partial charge < -0.3 is 16.4 Å². The minimum atomic E-state index is -0.320. The van der Waals surface area contributed by atoms with Crippen LogP contribution in [0, 0.1) is 0 Å². The van der Waals surface area contributed by atoms with Gasteiger partial charge in [0.05, 0.1) is 5.69 Å². The molecule has 0 aliphatic rings. The number of nitrogens with two attached hydrogens (primary N) is 1. The summed E-state index contributed by atoms with van der Waals surface area (Å²) in [5.74, 6) is 0.352. The first-order valence-electron chi connectivity index (χ1n) is 8.77. The molecule has 0 fully saturated rings. The number of rotatable bonds is 5. The van der Waals surface area contributed by atoms with Gasteiger partial charge in [0, 0.05) is 16.6 Å². The SMILES string of the molecule is CC[C@@H](C)NC(=O)Nc1c(-c2ccc(Cl)cc2)nn(-c2ccccc2)c1N. The van der Waals surface area contributed by atoms with Crippen molar-refractivity contribution >= 4 is 29.1 Å². The zero-order valence-electron chi connectivity index (χ0n) is 15.2. The number of nitrogens with one attached hydrogen (secondary N) is 2. The summed E-state index contributed by atoms with van der Waals surface area (Å²) < 4.78 is 1.61. The molecule has 0 aliphatic carbocycles. The van der Waals surface area contributed by atoms with Crippen LogP contribution < -0.4 is 16.4 Å². The normalized spacial score (nSPS) is 11.8. The van der Waals surface area contributed by atoms with Crippen molar-refractivity contribution in [2.75, 3.05) is 11.1 Å². The minimum Gasteiger partial charge on any atom is -0.382 e. The molecular formula is C20H22ClN5O. The Labute approximate surface area is 163 Å².